The highest BCUT2D eigenvalue weighted by Gasteiger charge is 2.58. The highest BCUT2D eigenvalue weighted by atomic mass is 16.3. The molecule has 1 N–H and O–H groups in total. The van der Waals surface area contributed by atoms with Crippen LogP contribution in [0.5, 0.6) is 0 Å². The van der Waals surface area contributed by atoms with Crippen LogP contribution in [0.4, 0.5) is 0 Å². The molecular formula is C29H50O. The van der Waals surface area contributed by atoms with Crippen molar-refractivity contribution >= 4 is 0 Å². The molecule has 0 heterocycles. The molecule has 4 aliphatic carbocycles. The Morgan fingerprint density at radius 1 is 1.03 bits per heavy atom. The summed E-state index contributed by atoms with van der Waals surface area (Å²) in [6.45, 7) is 12.8. The van der Waals surface area contributed by atoms with Gasteiger partial charge in [0.15, 0.2) is 0 Å². The molecular weight excluding hydrogens is 364 g/mol. The second-order valence-electron chi connectivity index (χ2n) is 12.6. The zero-order valence-corrected chi connectivity index (χ0v) is 20.8. The van der Waals surface area contributed by atoms with Gasteiger partial charge in [0.2, 0.25) is 0 Å². The van der Waals surface area contributed by atoms with Crippen LogP contribution >= 0.6 is 0 Å². The van der Waals surface area contributed by atoms with Crippen molar-refractivity contribution in [1.29, 1.82) is 0 Å². The van der Waals surface area contributed by atoms with Gasteiger partial charge in [-0.25, -0.2) is 0 Å². The Labute approximate surface area is 187 Å². The summed E-state index contributed by atoms with van der Waals surface area (Å²) in [6, 6.07) is 0. The molecule has 4 rings (SSSR count). The van der Waals surface area contributed by atoms with Gasteiger partial charge >= 0.3 is 0 Å². The average molecular weight is 415 g/mol. The van der Waals surface area contributed by atoms with Crippen molar-refractivity contribution in [3.05, 3.63) is 11.6 Å². The van der Waals surface area contributed by atoms with E-state index >= 15 is 0 Å². The van der Waals surface area contributed by atoms with E-state index in [1.807, 2.05) is 5.57 Å². The van der Waals surface area contributed by atoms with Gasteiger partial charge in [0, 0.05) is 6.61 Å². The third-order valence-electron chi connectivity index (χ3n) is 11.4. The van der Waals surface area contributed by atoms with E-state index in [0.29, 0.717) is 29.3 Å². The van der Waals surface area contributed by atoms with Gasteiger partial charge in [-0.1, -0.05) is 65.5 Å². The molecule has 0 radical (unpaired) electrons. The van der Waals surface area contributed by atoms with Gasteiger partial charge in [-0.15, -0.1) is 0 Å². The molecule has 0 aliphatic heterocycles. The highest BCUT2D eigenvalue weighted by molar-refractivity contribution is 5.24. The van der Waals surface area contributed by atoms with Crippen LogP contribution in [0, 0.1) is 52.3 Å². The van der Waals surface area contributed by atoms with E-state index in [0.717, 1.165) is 29.6 Å². The Kier molecular flexibility index (Phi) is 6.80. The highest BCUT2D eigenvalue weighted by Crippen LogP contribution is 2.67. The van der Waals surface area contributed by atoms with Gasteiger partial charge in [-0.2, -0.15) is 0 Å². The van der Waals surface area contributed by atoms with Crippen molar-refractivity contribution in [2.75, 3.05) is 6.61 Å². The van der Waals surface area contributed by atoms with Gasteiger partial charge in [0.05, 0.1) is 0 Å². The summed E-state index contributed by atoms with van der Waals surface area (Å²) in [5.41, 5.74) is 2.98. The summed E-state index contributed by atoms with van der Waals surface area (Å²) >= 11 is 0. The lowest BCUT2D eigenvalue weighted by atomic mass is 9.47. The smallest absolute Gasteiger partial charge is 0.0459 e. The monoisotopic (exact) mass is 414 g/mol. The first kappa shape index (κ1) is 22.9. The number of allylic oxidation sites excluding steroid dienone is 2. The first-order valence-corrected chi connectivity index (χ1v) is 13.7. The van der Waals surface area contributed by atoms with E-state index in [4.69, 9.17) is 0 Å². The molecule has 1 nitrogen and oxygen atoms in total. The molecule has 0 aromatic rings. The molecule has 0 aromatic heterocycles. The molecule has 1 heteroatoms. The number of hydrogen-bond acceptors (Lipinski definition) is 1. The predicted molar refractivity (Wildman–Crippen MR) is 128 cm³/mol. The molecule has 3 fully saturated rings. The molecule has 2 unspecified atom stereocenters. The van der Waals surface area contributed by atoms with Crippen LogP contribution in [0.25, 0.3) is 0 Å². The van der Waals surface area contributed by atoms with Crippen LogP contribution in [0.2, 0.25) is 0 Å². The zero-order valence-electron chi connectivity index (χ0n) is 20.8. The Bertz CT molecular complexity index is 622. The summed E-state index contributed by atoms with van der Waals surface area (Å²) < 4.78 is 0. The van der Waals surface area contributed by atoms with Crippen LogP contribution in [0.3, 0.4) is 0 Å². The molecule has 4 aliphatic rings. The number of fused-ring (bicyclic) bond motifs is 5. The fourth-order valence-electron chi connectivity index (χ4n) is 9.39. The number of aliphatic hydroxyl groups excluding tert-OH is 1. The molecule has 3 saturated carbocycles. The lowest BCUT2D eigenvalue weighted by Crippen LogP contribution is -2.50. The van der Waals surface area contributed by atoms with Crippen molar-refractivity contribution < 1.29 is 5.11 Å². The second-order valence-corrected chi connectivity index (χ2v) is 12.6. The second kappa shape index (κ2) is 8.92. The lowest BCUT2D eigenvalue weighted by Gasteiger charge is -2.58. The Balaban J connectivity index is 1.45. The Morgan fingerprint density at radius 3 is 2.57 bits per heavy atom. The molecule has 172 valence electrons. The van der Waals surface area contributed by atoms with Crippen molar-refractivity contribution in [2.24, 2.45) is 52.3 Å². The number of aliphatic hydroxyl groups is 1. The van der Waals surface area contributed by atoms with Crippen molar-refractivity contribution in [3.8, 4) is 0 Å². The largest absolute Gasteiger partial charge is 0.396 e. The normalized spacial score (nSPS) is 43.7. The van der Waals surface area contributed by atoms with E-state index < -0.39 is 0 Å². The quantitative estimate of drug-likeness (QED) is 0.418. The van der Waals surface area contributed by atoms with Crippen LogP contribution < -0.4 is 0 Å². The molecule has 0 spiro atoms. The minimum absolute atomic E-state index is 0.355. The average Bonchev–Trinajstić information content (AvgIpc) is 3.10. The van der Waals surface area contributed by atoms with Gasteiger partial charge in [-0.05, 0) is 110 Å². The van der Waals surface area contributed by atoms with E-state index in [1.54, 1.807) is 0 Å². The summed E-state index contributed by atoms with van der Waals surface area (Å²) in [7, 11) is 0. The van der Waals surface area contributed by atoms with Crippen LogP contribution in [-0.4, -0.2) is 11.7 Å². The fourth-order valence-corrected chi connectivity index (χ4v) is 9.39. The molecule has 0 amide bonds. The Hall–Kier alpha value is -0.300. The van der Waals surface area contributed by atoms with Crippen molar-refractivity contribution in [1.82, 2.24) is 0 Å². The van der Waals surface area contributed by atoms with E-state index in [2.05, 4.69) is 40.7 Å². The van der Waals surface area contributed by atoms with Gasteiger partial charge in [-0.3, -0.25) is 0 Å². The van der Waals surface area contributed by atoms with E-state index in [-0.39, 0.29) is 0 Å². The number of rotatable bonds is 7. The molecule has 0 aromatic carbocycles. The summed E-state index contributed by atoms with van der Waals surface area (Å²) in [5.74, 6) is 5.84. The number of hydrogen-bond donors (Lipinski definition) is 1. The third-order valence-corrected chi connectivity index (χ3v) is 11.4. The van der Waals surface area contributed by atoms with Gasteiger partial charge in [0.1, 0.15) is 0 Å². The third kappa shape index (κ3) is 3.74. The minimum atomic E-state index is 0.355. The SMILES string of the molecule is CCC(CC[C@@H](C)[C@H]1CC[C@H]2[C@@H]3CC=C4CCCC[C@]4(C)[C@H]3CC[C@]12C)C(C)CO. The first-order chi connectivity index (χ1) is 14.3. The molecule has 0 saturated heterocycles. The maximum Gasteiger partial charge on any atom is 0.0459 e. The van der Waals surface area contributed by atoms with Crippen LogP contribution in [0.15, 0.2) is 11.6 Å². The Morgan fingerprint density at radius 2 is 1.83 bits per heavy atom. The summed E-state index contributed by atoms with van der Waals surface area (Å²) in [6.07, 6.45) is 19.7. The molecule has 30 heavy (non-hydrogen) atoms. The van der Waals surface area contributed by atoms with E-state index in [9.17, 15) is 5.11 Å². The summed E-state index contributed by atoms with van der Waals surface area (Å²) in [4.78, 5) is 0. The van der Waals surface area contributed by atoms with Crippen LogP contribution in [0.1, 0.15) is 112 Å². The van der Waals surface area contributed by atoms with Gasteiger partial charge in [0.25, 0.3) is 0 Å². The maximum absolute atomic E-state index is 9.62. The summed E-state index contributed by atoms with van der Waals surface area (Å²) in [5, 5.41) is 9.62. The predicted octanol–water partition coefficient (Wildman–Crippen LogP) is 8.03. The molecule has 0 bridgehead atoms. The zero-order chi connectivity index (χ0) is 21.5. The van der Waals surface area contributed by atoms with Crippen molar-refractivity contribution in [2.45, 2.75) is 112 Å². The standard InChI is InChI=1S/C29H50O/c1-6-22(21(3)19-30)11-10-20(2)25-14-15-26-24-13-12-23-9-7-8-17-28(23,4)27(24)16-18-29(25,26)5/h12,20-22,24-27,30H,6-11,13-19H2,1-5H3/t20-,21?,22?,24+,25-,26+,27+,28+,29-/m1/s1. The molecule has 9 atom stereocenters. The van der Waals surface area contributed by atoms with Crippen molar-refractivity contribution in [3.63, 3.8) is 0 Å². The lowest BCUT2D eigenvalue weighted by molar-refractivity contribution is -0.0504. The van der Waals surface area contributed by atoms with E-state index in [1.165, 1.54) is 77.0 Å². The topological polar surface area (TPSA) is 20.2 Å². The van der Waals surface area contributed by atoms with Gasteiger partial charge < -0.3 is 5.11 Å². The first-order valence-electron chi connectivity index (χ1n) is 13.7. The maximum atomic E-state index is 9.62. The minimum Gasteiger partial charge on any atom is -0.396 e. The fraction of sp³-hybridized carbons (Fsp3) is 0.931. The van der Waals surface area contributed by atoms with Crippen LogP contribution in [-0.2, 0) is 0 Å².